The smallest absolute Gasteiger partial charge is 0.104 e. The predicted octanol–water partition coefficient (Wildman–Crippen LogP) is 2.36. The lowest BCUT2D eigenvalue weighted by atomic mass is 9.96. The van der Waals surface area contributed by atoms with Gasteiger partial charge in [-0.05, 0) is 37.8 Å². The van der Waals surface area contributed by atoms with Gasteiger partial charge in [-0.15, -0.1) is 0 Å². The summed E-state index contributed by atoms with van der Waals surface area (Å²) in [4.78, 5) is 2.68. The van der Waals surface area contributed by atoms with E-state index < -0.39 is 5.54 Å². The largest absolute Gasteiger partial charge is 0.300 e. The van der Waals surface area contributed by atoms with Crippen molar-refractivity contribution < 1.29 is 0 Å². The van der Waals surface area contributed by atoms with Gasteiger partial charge in [0.15, 0.2) is 0 Å². The molecule has 1 aliphatic carbocycles. The van der Waals surface area contributed by atoms with E-state index in [0.717, 1.165) is 25.3 Å². The maximum absolute atomic E-state index is 9.07. The lowest BCUT2D eigenvalue weighted by molar-refractivity contribution is 0.396. The Morgan fingerprint density at radius 1 is 1.67 bits per heavy atom. The van der Waals surface area contributed by atoms with Crippen molar-refractivity contribution in [3.63, 3.8) is 0 Å². The van der Waals surface area contributed by atoms with Crippen LogP contribution in [0.3, 0.4) is 0 Å². The zero-order valence-electron chi connectivity index (χ0n) is 9.11. The molecule has 1 unspecified atom stereocenters. The van der Waals surface area contributed by atoms with Crippen molar-refractivity contribution in [2.45, 2.75) is 38.1 Å². The molecule has 1 rings (SSSR count). The van der Waals surface area contributed by atoms with Crippen LogP contribution in [0.15, 0.2) is 5.11 Å². The summed E-state index contributed by atoms with van der Waals surface area (Å²) in [6, 6.07) is 2.33. The molecule has 0 amide bonds. The van der Waals surface area contributed by atoms with Gasteiger partial charge in [-0.25, -0.2) is 0 Å². The first-order chi connectivity index (χ1) is 7.20. The second-order valence-corrected chi connectivity index (χ2v) is 4.33. The molecule has 1 saturated carbocycles. The summed E-state index contributed by atoms with van der Waals surface area (Å²) < 4.78 is 0. The van der Waals surface area contributed by atoms with Crippen molar-refractivity contribution in [2.75, 3.05) is 13.1 Å². The molecule has 0 aromatic carbocycles. The van der Waals surface area contributed by atoms with Gasteiger partial charge in [-0.2, -0.15) is 5.26 Å². The quantitative estimate of drug-likeness (QED) is 0.301. The highest BCUT2D eigenvalue weighted by molar-refractivity contribution is 5.06. The van der Waals surface area contributed by atoms with Crippen LogP contribution in [0.1, 0.15) is 32.6 Å². The number of rotatable bonds is 7. The van der Waals surface area contributed by atoms with Crippen LogP contribution in [0.4, 0.5) is 0 Å². The Morgan fingerprint density at radius 3 is 2.93 bits per heavy atom. The van der Waals surface area contributed by atoms with Crippen molar-refractivity contribution in [1.29, 1.82) is 5.26 Å². The molecule has 15 heavy (non-hydrogen) atoms. The lowest BCUT2D eigenvalue weighted by Gasteiger charge is -2.22. The number of nitrogens with zero attached hydrogens (tertiary/aromatic N) is 4. The molecule has 0 aliphatic heterocycles. The third kappa shape index (κ3) is 4.68. The maximum Gasteiger partial charge on any atom is 0.104 e. The monoisotopic (exact) mass is 207 g/mol. The molecule has 0 saturated heterocycles. The predicted molar refractivity (Wildman–Crippen MR) is 58.0 cm³/mol. The van der Waals surface area contributed by atoms with Crippen molar-refractivity contribution in [1.82, 2.24) is 5.32 Å². The van der Waals surface area contributed by atoms with Crippen molar-refractivity contribution in [3.05, 3.63) is 10.4 Å². The average molecular weight is 207 g/mol. The van der Waals surface area contributed by atoms with Crippen LogP contribution >= 0.6 is 0 Å². The van der Waals surface area contributed by atoms with Crippen molar-refractivity contribution in [2.24, 2.45) is 11.0 Å². The fourth-order valence-electron chi connectivity index (χ4n) is 1.62. The molecule has 0 bridgehead atoms. The first-order valence-corrected chi connectivity index (χ1v) is 5.37. The zero-order chi connectivity index (χ0) is 11.1. The summed E-state index contributed by atoms with van der Waals surface area (Å²) in [6.45, 7) is 3.17. The highest BCUT2D eigenvalue weighted by Crippen LogP contribution is 2.36. The topological polar surface area (TPSA) is 84.6 Å². The number of nitriles is 1. The summed E-state index contributed by atoms with van der Waals surface area (Å²) in [7, 11) is 0. The number of nitrogens with one attached hydrogen (secondary N) is 1. The van der Waals surface area contributed by atoms with Gasteiger partial charge < -0.3 is 0 Å². The number of azide groups is 1. The molecule has 0 heterocycles. The van der Waals surface area contributed by atoms with Crippen LogP contribution < -0.4 is 5.32 Å². The minimum Gasteiger partial charge on any atom is -0.300 e. The SMILES string of the molecule is CC(C#N)(CC1CC1)NCCCN=[N+]=[N-]. The van der Waals surface area contributed by atoms with E-state index in [9.17, 15) is 0 Å². The van der Waals surface area contributed by atoms with Crippen LogP contribution in [0.2, 0.25) is 0 Å². The normalized spacial score (nSPS) is 18.7. The second-order valence-electron chi connectivity index (χ2n) is 4.33. The third-order valence-corrected chi connectivity index (χ3v) is 2.65. The molecule has 0 spiro atoms. The van der Waals surface area contributed by atoms with E-state index in [0.29, 0.717) is 6.54 Å². The molecule has 82 valence electrons. The van der Waals surface area contributed by atoms with Crippen LogP contribution in [0.5, 0.6) is 0 Å². The van der Waals surface area contributed by atoms with E-state index in [4.69, 9.17) is 10.8 Å². The average Bonchev–Trinajstić information content (AvgIpc) is 3.01. The summed E-state index contributed by atoms with van der Waals surface area (Å²) in [5.41, 5.74) is 7.68. The second kappa shape index (κ2) is 5.59. The highest BCUT2D eigenvalue weighted by atomic mass is 15.1. The Bertz CT molecular complexity index is 285. The lowest BCUT2D eigenvalue weighted by Crippen LogP contribution is -2.42. The Hall–Kier alpha value is -1.24. The van der Waals surface area contributed by atoms with Crippen LogP contribution in [-0.4, -0.2) is 18.6 Å². The van der Waals surface area contributed by atoms with Crippen molar-refractivity contribution in [3.8, 4) is 6.07 Å². The van der Waals surface area contributed by atoms with Crippen LogP contribution in [-0.2, 0) is 0 Å². The summed E-state index contributed by atoms with van der Waals surface area (Å²) >= 11 is 0. The van der Waals surface area contributed by atoms with Gasteiger partial charge in [0.05, 0.1) is 6.07 Å². The molecule has 1 N–H and O–H groups in total. The van der Waals surface area contributed by atoms with Crippen LogP contribution in [0, 0.1) is 17.2 Å². The Balaban J connectivity index is 2.20. The van der Waals surface area contributed by atoms with Gasteiger partial charge in [-0.3, -0.25) is 5.32 Å². The molecule has 0 aromatic rings. The zero-order valence-corrected chi connectivity index (χ0v) is 9.11. The standard InChI is InChI=1S/C10H17N5/c1-10(8-11,7-9-3-4-9)13-5-2-6-14-15-12/h9,13H,2-7H2,1H3. The molecule has 1 fully saturated rings. The highest BCUT2D eigenvalue weighted by Gasteiger charge is 2.32. The summed E-state index contributed by atoms with van der Waals surface area (Å²) in [5.74, 6) is 0.735. The number of hydrogen-bond acceptors (Lipinski definition) is 3. The van der Waals surface area contributed by atoms with Crippen molar-refractivity contribution >= 4 is 0 Å². The van der Waals surface area contributed by atoms with Gasteiger partial charge >= 0.3 is 0 Å². The Kier molecular flexibility index (Phi) is 4.41. The Morgan fingerprint density at radius 2 is 2.40 bits per heavy atom. The fourth-order valence-corrected chi connectivity index (χ4v) is 1.62. The summed E-state index contributed by atoms with van der Waals surface area (Å²) in [6.07, 6.45) is 4.24. The molecular weight excluding hydrogens is 190 g/mol. The molecule has 1 aliphatic rings. The molecule has 0 radical (unpaired) electrons. The number of hydrogen-bond donors (Lipinski definition) is 1. The first kappa shape index (κ1) is 11.8. The molecule has 5 heteroatoms. The minimum absolute atomic E-state index is 0.405. The summed E-state index contributed by atoms with van der Waals surface area (Å²) in [5, 5.41) is 15.7. The van der Waals surface area contributed by atoms with E-state index in [1.807, 2.05) is 6.92 Å². The molecule has 1 atom stereocenters. The van der Waals surface area contributed by atoms with E-state index in [1.54, 1.807) is 0 Å². The molecule has 0 aromatic heterocycles. The fraction of sp³-hybridized carbons (Fsp3) is 0.900. The van der Waals surface area contributed by atoms with Gasteiger partial charge in [0.25, 0.3) is 0 Å². The van der Waals surface area contributed by atoms with E-state index >= 15 is 0 Å². The van der Waals surface area contributed by atoms with E-state index in [1.165, 1.54) is 12.8 Å². The molecule has 5 nitrogen and oxygen atoms in total. The van der Waals surface area contributed by atoms with Gasteiger partial charge in [0, 0.05) is 11.5 Å². The van der Waals surface area contributed by atoms with E-state index in [2.05, 4.69) is 21.4 Å². The molecular formula is C10H17N5. The minimum atomic E-state index is -0.405. The van der Waals surface area contributed by atoms with E-state index in [-0.39, 0.29) is 0 Å². The van der Waals surface area contributed by atoms with Crippen LogP contribution in [0.25, 0.3) is 10.4 Å². The van der Waals surface area contributed by atoms with Gasteiger partial charge in [0.2, 0.25) is 0 Å². The third-order valence-electron chi connectivity index (χ3n) is 2.65. The van der Waals surface area contributed by atoms with Gasteiger partial charge in [0.1, 0.15) is 5.54 Å². The van der Waals surface area contributed by atoms with Gasteiger partial charge in [-0.1, -0.05) is 18.0 Å². The Labute approximate surface area is 90.1 Å². The first-order valence-electron chi connectivity index (χ1n) is 5.37. The maximum atomic E-state index is 9.07.